The van der Waals surface area contributed by atoms with Crippen LogP contribution >= 0.6 is 0 Å². The van der Waals surface area contributed by atoms with Crippen molar-refractivity contribution in [3.05, 3.63) is 30.3 Å². The Hall–Kier alpha value is -2.24. The van der Waals surface area contributed by atoms with E-state index in [9.17, 15) is 9.59 Å². The average Bonchev–Trinajstić information content (AvgIpc) is 3.21. The van der Waals surface area contributed by atoms with E-state index in [2.05, 4.69) is 10.3 Å². The number of ether oxygens (including phenoxy) is 1. The van der Waals surface area contributed by atoms with Crippen LogP contribution in [0.15, 0.2) is 40.7 Å². The van der Waals surface area contributed by atoms with Gasteiger partial charge in [0.05, 0.1) is 29.6 Å². The van der Waals surface area contributed by atoms with E-state index in [1.807, 2.05) is 35.3 Å². The minimum Gasteiger partial charge on any atom is -0.393 e. The van der Waals surface area contributed by atoms with Crippen molar-refractivity contribution in [1.82, 2.24) is 0 Å². The summed E-state index contributed by atoms with van der Waals surface area (Å²) in [5, 5.41) is 10.6. The molecule has 2 heterocycles. The first-order valence-electron chi connectivity index (χ1n) is 7.26. The van der Waals surface area contributed by atoms with Crippen molar-refractivity contribution in [3.8, 4) is 0 Å². The summed E-state index contributed by atoms with van der Waals surface area (Å²) < 4.78 is 4.85. The molecule has 1 aromatic carbocycles. The van der Waals surface area contributed by atoms with Crippen LogP contribution in [0.1, 0.15) is 6.42 Å². The smallest absolute Gasteiger partial charge is 0.317 e. The molecule has 5 rings (SSSR count). The standard InChI is InChI=1S/C15H13N3O3/c19-14-10-8-6-9(11(10)15(20)21-14)13-12(8)16-17-18(13)7-4-2-1-3-5-7/h1-5,8-13H,6H2/t8-,9-,10-,11-,12+,13-/m1/s1. The van der Waals surface area contributed by atoms with Crippen molar-refractivity contribution in [1.29, 1.82) is 0 Å². The van der Waals surface area contributed by atoms with E-state index in [4.69, 9.17) is 4.74 Å². The maximum absolute atomic E-state index is 12.0. The Morgan fingerprint density at radius 1 is 1.05 bits per heavy atom. The Bertz CT molecular complexity index is 674. The Morgan fingerprint density at radius 3 is 2.52 bits per heavy atom. The van der Waals surface area contributed by atoms with Gasteiger partial charge >= 0.3 is 11.9 Å². The summed E-state index contributed by atoms with van der Waals surface area (Å²) in [6, 6.07) is 9.94. The number of hydrogen-bond acceptors (Lipinski definition) is 6. The van der Waals surface area contributed by atoms with Crippen LogP contribution in [0.3, 0.4) is 0 Å². The van der Waals surface area contributed by atoms with Crippen molar-refractivity contribution < 1.29 is 14.3 Å². The predicted octanol–water partition coefficient (Wildman–Crippen LogP) is 1.58. The molecule has 6 heteroatoms. The van der Waals surface area contributed by atoms with Gasteiger partial charge in [-0.1, -0.05) is 23.4 Å². The SMILES string of the molecule is O=C1OC(=O)[C@@H]2[C@H]3C[C@H]([C@@H]12)[C@@H]1[C@H]3N=NN1c1ccccc1. The van der Waals surface area contributed by atoms with Gasteiger partial charge in [0.25, 0.3) is 0 Å². The predicted molar refractivity (Wildman–Crippen MR) is 71.0 cm³/mol. The minimum atomic E-state index is -0.357. The van der Waals surface area contributed by atoms with Gasteiger partial charge in [0.1, 0.15) is 0 Å². The molecule has 1 saturated heterocycles. The van der Waals surface area contributed by atoms with E-state index in [1.54, 1.807) is 0 Å². The van der Waals surface area contributed by atoms with Gasteiger partial charge in [0, 0.05) is 0 Å². The number of anilines is 1. The van der Waals surface area contributed by atoms with E-state index >= 15 is 0 Å². The van der Waals surface area contributed by atoms with Gasteiger partial charge in [-0.15, -0.1) is 0 Å². The first-order valence-corrected chi connectivity index (χ1v) is 7.26. The molecule has 6 nitrogen and oxygen atoms in total. The number of hydrogen-bond donors (Lipinski definition) is 0. The van der Waals surface area contributed by atoms with E-state index in [1.165, 1.54) is 0 Å². The summed E-state index contributed by atoms with van der Waals surface area (Å²) >= 11 is 0. The zero-order valence-electron chi connectivity index (χ0n) is 11.1. The van der Waals surface area contributed by atoms with Crippen LogP contribution in [0, 0.1) is 23.7 Å². The first kappa shape index (κ1) is 11.4. The minimum absolute atomic E-state index is 0.00917. The average molecular weight is 283 g/mol. The van der Waals surface area contributed by atoms with E-state index in [0.717, 1.165) is 12.1 Å². The van der Waals surface area contributed by atoms with Gasteiger partial charge in [0.2, 0.25) is 0 Å². The molecular weight excluding hydrogens is 270 g/mol. The molecule has 106 valence electrons. The lowest BCUT2D eigenvalue weighted by Gasteiger charge is -2.32. The Kier molecular flexibility index (Phi) is 2.01. The number of rotatable bonds is 1. The number of fused-ring (bicyclic) bond motifs is 8. The molecule has 21 heavy (non-hydrogen) atoms. The second-order valence-corrected chi connectivity index (χ2v) is 6.22. The number of cyclic esters (lactones) is 2. The monoisotopic (exact) mass is 283 g/mol. The molecule has 2 aliphatic heterocycles. The van der Waals surface area contributed by atoms with Crippen LogP contribution in [-0.4, -0.2) is 24.0 Å². The Balaban J connectivity index is 1.54. The second-order valence-electron chi connectivity index (χ2n) is 6.22. The number of benzene rings is 1. The van der Waals surface area contributed by atoms with Gasteiger partial charge in [-0.25, -0.2) is 5.01 Å². The Morgan fingerprint density at radius 2 is 1.76 bits per heavy atom. The van der Waals surface area contributed by atoms with Crippen molar-refractivity contribution >= 4 is 17.6 Å². The summed E-state index contributed by atoms with van der Waals surface area (Å²) in [5.41, 5.74) is 0.982. The molecule has 6 atom stereocenters. The van der Waals surface area contributed by atoms with E-state index < -0.39 is 0 Å². The van der Waals surface area contributed by atoms with Crippen molar-refractivity contribution in [2.24, 2.45) is 34.0 Å². The third-order valence-corrected chi connectivity index (χ3v) is 5.41. The highest BCUT2D eigenvalue weighted by atomic mass is 16.6. The molecule has 2 saturated carbocycles. The lowest BCUT2D eigenvalue weighted by molar-refractivity contribution is -0.154. The van der Waals surface area contributed by atoms with Crippen LogP contribution in [0.2, 0.25) is 0 Å². The zero-order valence-corrected chi connectivity index (χ0v) is 11.1. The number of nitrogens with zero attached hydrogens (tertiary/aromatic N) is 3. The molecule has 2 aliphatic carbocycles. The van der Waals surface area contributed by atoms with Crippen molar-refractivity contribution in [3.63, 3.8) is 0 Å². The van der Waals surface area contributed by atoms with Gasteiger partial charge in [-0.3, -0.25) is 9.59 Å². The third-order valence-electron chi connectivity index (χ3n) is 5.41. The number of carbonyl (C=O) groups is 2. The highest BCUT2D eigenvalue weighted by Gasteiger charge is 2.69. The maximum Gasteiger partial charge on any atom is 0.317 e. The van der Waals surface area contributed by atoms with Crippen LogP contribution in [0.4, 0.5) is 5.69 Å². The third kappa shape index (κ3) is 1.28. The summed E-state index contributed by atoms with van der Waals surface area (Å²) in [6.07, 6.45) is 0.869. The summed E-state index contributed by atoms with van der Waals surface area (Å²) in [4.78, 5) is 23.8. The number of esters is 2. The van der Waals surface area contributed by atoms with E-state index in [0.29, 0.717) is 0 Å². The van der Waals surface area contributed by atoms with Gasteiger partial charge in [-0.2, -0.15) is 5.11 Å². The zero-order chi connectivity index (χ0) is 14.1. The molecule has 0 radical (unpaired) electrons. The molecule has 0 unspecified atom stereocenters. The fraction of sp³-hybridized carbons (Fsp3) is 0.467. The molecule has 3 fully saturated rings. The van der Waals surface area contributed by atoms with Gasteiger partial charge < -0.3 is 4.74 Å². The fourth-order valence-corrected chi connectivity index (χ4v) is 4.69. The van der Waals surface area contributed by atoms with Crippen LogP contribution < -0.4 is 5.01 Å². The highest BCUT2D eigenvalue weighted by Crippen LogP contribution is 2.59. The lowest BCUT2D eigenvalue weighted by Crippen LogP contribution is -2.47. The molecule has 0 N–H and O–H groups in total. The summed E-state index contributed by atoms with van der Waals surface area (Å²) in [5.74, 6) is -1.09. The van der Waals surface area contributed by atoms with Gasteiger partial charge in [0.15, 0.2) is 0 Å². The van der Waals surface area contributed by atoms with Crippen LogP contribution in [0.25, 0.3) is 0 Å². The summed E-state index contributed by atoms with van der Waals surface area (Å²) in [7, 11) is 0. The molecular formula is C15H13N3O3. The van der Waals surface area contributed by atoms with Crippen LogP contribution in [-0.2, 0) is 14.3 Å². The lowest BCUT2D eigenvalue weighted by atomic mass is 9.76. The largest absolute Gasteiger partial charge is 0.393 e. The maximum atomic E-state index is 12.0. The Labute approximate surface area is 120 Å². The molecule has 0 spiro atoms. The molecule has 0 aromatic heterocycles. The van der Waals surface area contributed by atoms with Crippen LogP contribution in [0.5, 0.6) is 0 Å². The molecule has 0 amide bonds. The second kappa shape index (κ2) is 3.69. The normalized spacial score (nSPS) is 42.4. The number of carbonyl (C=O) groups excluding carboxylic acids is 2. The van der Waals surface area contributed by atoms with E-state index in [-0.39, 0.29) is 47.7 Å². The quantitative estimate of drug-likeness (QED) is 0.579. The van der Waals surface area contributed by atoms with Crippen molar-refractivity contribution in [2.75, 3.05) is 5.01 Å². The molecule has 1 aromatic rings. The summed E-state index contributed by atoms with van der Waals surface area (Å²) in [6.45, 7) is 0. The topological polar surface area (TPSA) is 71.3 Å². The highest BCUT2D eigenvalue weighted by molar-refractivity contribution is 5.98. The first-order chi connectivity index (χ1) is 10.3. The van der Waals surface area contributed by atoms with Crippen molar-refractivity contribution in [2.45, 2.75) is 18.5 Å². The number of para-hydroxylation sites is 1. The van der Waals surface area contributed by atoms with Gasteiger partial charge in [-0.05, 0) is 30.4 Å². The fourth-order valence-electron chi connectivity index (χ4n) is 4.69. The molecule has 4 aliphatic rings. The molecule has 2 bridgehead atoms.